The Bertz CT molecular complexity index is 1200. The molecule has 0 fully saturated rings. The van der Waals surface area contributed by atoms with Gasteiger partial charge < -0.3 is 24.2 Å². The van der Waals surface area contributed by atoms with E-state index in [0.29, 0.717) is 30.5 Å². The van der Waals surface area contributed by atoms with Gasteiger partial charge in [0.2, 0.25) is 0 Å². The van der Waals surface area contributed by atoms with Crippen molar-refractivity contribution in [1.29, 1.82) is 0 Å². The van der Waals surface area contributed by atoms with E-state index in [2.05, 4.69) is 34.5 Å². The molecule has 1 N–H and O–H groups in total. The van der Waals surface area contributed by atoms with Crippen molar-refractivity contribution in [3.63, 3.8) is 0 Å². The van der Waals surface area contributed by atoms with Gasteiger partial charge in [0, 0.05) is 56.9 Å². The molecule has 0 unspecified atom stereocenters. The normalized spacial score (nSPS) is 14.3. The maximum absolute atomic E-state index is 10.9. The van der Waals surface area contributed by atoms with Crippen LogP contribution in [0.3, 0.4) is 0 Å². The van der Waals surface area contributed by atoms with Crippen LogP contribution < -0.4 is 14.4 Å². The molecule has 3 heterocycles. The van der Waals surface area contributed by atoms with E-state index in [1.165, 1.54) is 0 Å². The quantitative estimate of drug-likeness (QED) is 0.349. The highest BCUT2D eigenvalue weighted by Crippen LogP contribution is 2.37. The SMILES string of the molecule is COc1cc2ncnc(N3CCc4c(c(C(C)(C)O)nn4COCC[Si](C)(C)C)C3)c2cc1OC. The van der Waals surface area contributed by atoms with Gasteiger partial charge in [-0.3, -0.25) is 0 Å². The number of ether oxygens (including phenoxy) is 3. The van der Waals surface area contributed by atoms with Gasteiger partial charge in [-0.1, -0.05) is 19.6 Å². The summed E-state index contributed by atoms with van der Waals surface area (Å²) in [5.41, 5.74) is 2.55. The van der Waals surface area contributed by atoms with E-state index in [9.17, 15) is 5.11 Å². The summed E-state index contributed by atoms with van der Waals surface area (Å²) in [7, 11) is 2.07. The van der Waals surface area contributed by atoms with Crippen LogP contribution in [0.4, 0.5) is 5.82 Å². The molecule has 1 aliphatic rings. The fraction of sp³-hybridized carbons (Fsp3) is 0.560. The average molecular weight is 500 g/mol. The lowest BCUT2D eigenvalue weighted by atomic mass is 9.96. The lowest BCUT2D eigenvalue weighted by Gasteiger charge is -2.30. The van der Waals surface area contributed by atoms with Gasteiger partial charge in [0.1, 0.15) is 24.5 Å². The molecule has 0 aliphatic carbocycles. The number of hydrogen-bond donors (Lipinski definition) is 1. The predicted molar refractivity (Wildman–Crippen MR) is 139 cm³/mol. The standard InChI is InChI=1S/C25H37N5O4Si/c1-25(2,31)23-18-14-29(9-8-20(18)30(28-23)16-34-10-11-35(5,6)7)24-17-12-21(32-3)22(33-4)13-19(17)26-15-27-24/h12-13,15,31H,8-11,14,16H2,1-7H3. The van der Waals surface area contributed by atoms with Crippen molar-refractivity contribution >= 4 is 24.8 Å². The summed E-state index contributed by atoms with van der Waals surface area (Å²) in [4.78, 5) is 11.3. The molecule has 2 aromatic heterocycles. The Morgan fingerprint density at radius 3 is 2.46 bits per heavy atom. The van der Waals surface area contributed by atoms with E-state index in [0.717, 1.165) is 53.6 Å². The molecule has 0 saturated carbocycles. The molecular weight excluding hydrogens is 462 g/mol. The zero-order chi connectivity index (χ0) is 25.4. The number of hydrogen-bond acceptors (Lipinski definition) is 8. The van der Waals surface area contributed by atoms with Gasteiger partial charge in [-0.05, 0) is 26.0 Å². The molecule has 0 bridgehead atoms. The average Bonchev–Trinajstić information content (AvgIpc) is 3.18. The number of fused-ring (bicyclic) bond motifs is 2. The van der Waals surface area contributed by atoms with E-state index in [1.54, 1.807) is 34.4 Å². The molecule has 190 valence electrons. The van der Waals surface area contributed by atoms with Gasteiger partial charge in [-0.15, -0.1) is 0 Å². The van der Waals surface area contributed by atoms with Gasteiger partial charge in [0.25, 0.3) is 0 Å². The molecule has 1 aliphatic heterocycles. The second-order valence-electron chi connectivity index (χ2n) is 10.8. The number of rotatable bonds is 9. The van der Waals surface area contributed by atoms with E-state index in [4.69, 9.17) is 19.3 Å². The summed E-state index contributed by atoms with van der Waals surface area (Å²) in [6.07, 6.45) is 2.35. The molecule has 1 aromatic carbocycles. The third kappa shape index (κ3) is 5.44. The molecule has 0 spiro atoms. The van der Waals surface area contributed by atoms with Crippen LogP contribution >= 0.6 is 0 Å². The Kier molecular flexibility index (Phi) is 7.08. The minimum Gasteiger partial charge on any atom is -0.493 e. The monoisotopic (exact) mass is 499 g/mol. The zero-order valence-electron chi connectivity index (χ0n) is 21.9. The van der Waals surface area contributed by atoms with Crippen molar-refractivity contribution in [3.05, 3.63) is 35.4 Å². The minimum atomic E-state index is -1.16. The highest BCUT2D eigenvalue weighted by molar-refractivity contribution is 6.76. The van der Waals surface area contributed by atoms with Crippen LogP contribution in [0.5, 0.6) is 11.5 Å². The molecule has 10 heteroatoms. The second kappa shape index (κ2) is 9.75. The number of benzene rings is 1. The fourth-order valence-corrected chi connectivity index (χ4v) is 5.18. The molecule has 35 heavy (non-hydrogen) atoms. The van der Waals surface area contributed by atoms with Crippen LogP contribution in [0.25, 0.3) is 10.9 Å². The van der Waals surface area contributed by atoms with Crippen LogP contribution in [0.2, 0.25) is 25.7 Å². The molecule has 0 atom stereocenters. The van der Waals surface area contributed by atoms with Gasteiger partial charge in [-0.25, -0.2) is 14.6 Å². The van der Waals surface area contributed by atoms with Crippen molar-refractivity contribution in [1.82, 2.24) is 19.7 Å². The summed E-state index contributed by atoms with van der Waals surface area (Å²) < 4.78 is 18.9. The first-order valence-electron chi connectivity index (χ1n) is 12.0. The van der Waals surface area contributed by atoms with Gasteiger partial charge in [-0.2, -0.15) is 5.10 Å². The molecule has 4 rings (SSSR count). The van der Waals surface area contributed by atoms with Crippen LogP contribution in [0.15, 0.2) is 18.5 Å². The topological polar surface area (TPSA) is 94.8 Å². The van der Waals surface area contributed by atoms with Crippen LogP contribution in [-0.2, 0) is 30.0 Å². The van der Waals surface area contributed by atoms with Crippen molar-refractivity contribution < 1.29 is 19.3 Å². The van der Waals surface area contributed by atoms with Gasteiger partial charge in [0.05, 0.1) is 25.4 Å². The number of aromatic nitrogens is 4. The maximum Gasteiger partial charge on any atom is 0.162 e. The molecule has 9 nitrogen and oxygen atoms in total. The molecular formula is C25H37N5O4Si. The maximum atomic E-state index is 10.9. The first-order chi connectivity index (χ1) is 16.5. The predicted octanol–water partition coefficient (Wildman–Crippen LogP) is 3.95. The summed E-state index contributed by atoms with van der Waals surface area (Å²) in [5.74, 6) is 2.09. The number of nitrogens with zero attached hydrogens (tertiary/aromatic N) is 5. The first kappa shape index (κ1) is 25.4. The van der Waals surface area contributed by atoms with E-state index < -0.39 is 13.7 Å². The smallest absolute Gasteiger partial charge is 0.162 e. The van der Waals surface area contributed by atoms with Crippen LogP contribution in [-0.4, -0.2) is 60.3 Å². The van der Waals surface area contributed by atoms with Gasteiger partial charge in [0.15, 0.2) is 11.5 Å². The van der Waals surface area contributed by atoms with E-state index >= 15 is 0 Å². The third-order valence-electron chi connectivity index (χ3n) is 6.34. The Balaban J connectivity index is 1.65. The van der Waals surface area contributed by atoms with E-state index in [1.807, 2.05) is 16.8 Å². The number of anilines is 1. The molecule has 3 aromatic rings. The Labute approximate surface area is 208 Å². The summed E-state index contributed by atoms with van der Waals surface area (Å²) in [6.45, 7) is 13.1. The number of aliphatic hydroxyl groups is 1. The highest BCUT2D eigenvalue weighted by atomic mass is 28.3. The largest absolute Gasteiger partial charge is 0.493 e. The second-order valence-corrected chi connectivity index (χ2v) is 16.4. The Morgan fingerprint density at radius 2 is 1.80 bits per heavy atom. The summed E-state index contributed by atoms with van der Waals surface area (Å²) >= 11 is 0. The highest BCUT2D eigenvalue weighted by Gasteiger charge is 2.32. The number of methoxy groups -OCH3 is 2. The van der Waals surface area contributed by atoms with Crippen molar-refractivity contribution in [3.8, 4) is 11.5 Å². The first-order valence-corrected chi connectivity index (χ1v) is 15.7. The van der Waals surface area contributed by atoms with Crippen molar-refractivity contribution in [2.24, 2.45) is 0 Å². The zero-order valence-corrected chi connectivity index (χ0v) is 22.9. The Morgan fingerprint density at radius 1 is 1.09 bits per heavy atom. The lowest BCUT2D eigenvalue weighted by molar-refractivity contribution is 0.0619. The summed E-state index contributed by atoms with van der Waals surface area (Å²) in [6, 6.07) is 4.90. The lowest BCUT2D eigenvalue weighted by Crippen LogP contribution is -2.33. The van der Waals surface area contributed by atoms with Crippen molar-refractivity contribution in [2.45, 2.75) is 64.8 Å². The molecule has 0 amide bonds. The van der Waals surface area contributed by atoms with Crippen LogP contribution in [0, 0.1) is 0 Å². The fourth-order valence-electron chi connectivity index (χ4n) is 4.42. The molecule has 0 saturated heterocycles. The third-order valence-corrected chi connectivity index (χ3v) is 8.05. The van der Waals surface area contributed by atoms with Crippen molar-refractivity contribution in [2.75, 3.05) is 32.3 Å². The van der Waals surface area contributed by atoms with E-state index in [-0.39, 0.29) is 0 Å². The molecule has 0 radical (unpaired) electrons. The minimum absolute atomic E-state index is 0.399. The summed E-state index contributed by atoms with van der Waals surface area (Å²) in [5, 5.41) is 16.6. The Hall–Kier alpha value is -2.69. The van der Waals surface area contributed by atoms with Crippen LogP contribution in [0.1, 0.15) is 30.8 Å². The van der Waals surface area contributed by atoms with Gasteiger partial charge >= 0.3 is 0 Å².